The molecule has 0 aliphatic heterocycles. The van der Waals surface area contributed by atoms with E-state index in [9.17, 15) is 14.0 Å². The number of carbonyl (C=O) groups excluding carboxylic acids is 2. The molecule has 2 aromatic heterocycles. The first-order chi connectivity index (χ1) is 15.5. The molecular weight excluding hydrogens is 477 g/mol. The van der Waals surface area contributed by atoms with E-state index in [0.717, 1.165) is 4.47 Å². The van der Waals surface area contributed by atoms with Crippen molar-refractivity contribution in [2.45, 2.75) is 12.6 Å². The number of carbonyl (C=O) groups is 2. The topological polar surface area (TPSA) is 89.8 Å². The Bertz CT molecular complexity index is 1230. The third kappa shape index (κ3) is 5.12. The quantitative estimate of drug-likeness (QED) is 0.394. The number of ketones is 1. The van der Waals surface area contributed by atoms with E-state index in [-0.39, 0.29) is 17.9 Å². The van der Waals surface area contributed by atoms with E-state index in [2.05, 4.69) is 36.2 Å². The van der Waals surface area contributed by atoms with Gasteiger partial charge in [0.15, 0.2) is 11.6 Å². The first kappa shape index (κ1) is 21.5. The number of amides is 1. The highest BCUT2D eigenvalue weighted by molar-refractivity contribution is 9.10. The molecule has 0 aliphatic rings. The molecule has 32 heavy (non-hydrogen) atoms. The van der Waals surface area contributed by atoms with E-state index in [0.29, 0.717) is 17.0 Å². The predicted molar refractivity (Wildman–Crippen MR) is 119 cm³/mol. The second-order valence-electron chi connectivity index (χ2n) is 6.96. The fraction of sp³-hybridized carbons (Fsp3) is 0.0870. The van der Waals surface area contributed by atoms with Gasteiger partial charge in [0.1, 0.15) is 11.9 Å². The van der Waals surface area contributed by atoms with Crippen molar-refractivity contribution in [2.75, 3.05) is 0 Å². The van der Waals surface area contributed by atoms with Crippen molar-refractivity contribution in [1.29, 1.82) is 0 Å². The molecule has 1 N–H and O–H groups in total. The van der Waals surface area contributed by atoms with Gasteiger partial charge in [0.05, 0.1) is 18.4 Å². The summed E-state index contributed by atoms with van der Waals surface area (Å²) in [6, 6.07) is 12.0. The Balaban J connectivity index is 1.54. The van der Waals surface area contributed by atoms with Crippen molar-refractivity contribution in [3.8, 4) is 11.4 Å². The van der Waals surface area contributed by atoms with E-state index in [4.69, 9.17) is 0 Å². The van der Waals surface area contributed by atoms with Crippen LogP contribution < -0.4 is 5.32 Å². The van der Waals surface area contributed by atoms with Gasteiger partial charge in [-0.05, 0) is 24.3 Å². The van der Waals surface area contributed by atoms with Gasteiger partial charge in [-0.3, -0.25) is 9.59 Å². The van der Waals surface area contributed by atoms with Crippen LogP contribution in [0.3, 0.4) is 0 Å². The van der Waals surface area contributed by atoms with Gasteiger partial charge in [-0.15, -0.1) is 0 Å². The fourth-order valence-corrected chi connectivity index (χ4v) is 3.34. The Morgan fingerprint density at radius 3 is 2.47 bits per heavy atom. The number of benzene rings is 2. The van der Waals surface area contributed by atoms with Gasteiger partial charge in [-0.25, -0.2) is 19.3 Å². The average molecular weight is 494 g/mol. The molecule has 2 heterocycles. The summed E-state index contributed by atoms with van der Waals surface area (Å²) in [5.74, 6) is -0.841. The average Bonchev–Trinajstić information content (AvgIpc) is 3.32. The number of nitrogens with one attached hydrogen (secondary N) is 1. The minimum Gasteiger partial charge on any atom is -0.340 e. The third-order valence-corrected chi connectivity index (χ3v) is 5.23. The molecule has 1 unspecified atom stereocenters. The standard InChI is InChI=1S/C23H17BrFN5O2/c24-18-6-4-15(5-7-18)21(31)20(13-30-9-8-26-14-30)29-23(32)17-11-27-22(28-12-17)16-2-1-3-19(25)10-16/h1-12,14,20H,13H2,(H,29,32). The van der Waals surface area contributed by atoms with Gasteiger partial charge < -0.3 is 9.88 Å². The Morgan fingerprint density at radius 2 is 1.81 bits per heavy atom. The first-order valence-electron chi connectivity index (χ1n) is 9.64. The molecule has 4 aromatic rings. The highest BCUT2D eigenvalue weighted by Crippen LogP contribution is 2.16. The van der Waals surface area contributed by atoms with Gasteiger partial charge >= 0.3 is 0 Å². The van der Waals surface area contributed by atoms with Crippen molar-refractivity contribution < 1.29 is 14.0 Å². The summed E-state index contributed by atoms with van der Waals surface area (Å²) in [6.45, 7) is 0.211. The van der Waals surface area contributed by atoms with E-state index in [1.54, 1.807) is 59.7 Å². The molecule has 2 aromatic carbocycles. The largest absolute Gasteiger partial charge is 0.340 e. The molecule has 1 atom stereocenters. The lowest BCUT2D eigenvalue weighted by Gasteiger charge is -2.18. The van der Waals surface area contributed by atoms with Crippen molar-refractivity contribution in [3.63, 3.8) is 0 Å². The molecule has 7 nitrogen and oxygen atoms in total. The number of imidazole rings is 1. The normalized spacial score (nSPS) is 11.7. The number of halogens is 2. The number of hydrogen-bond acceptors (Lipinski definition) is 5. The maximum Gasteiger partial charge on any atom is 0.255 e. The zero-order chi connectivity index (χ0) is 22.5. The van der Waals surface area contributed by atoms with Crippen molar-refractivity contribution in [3.05, 3.63) is 101 Å². The lowest BCUT2D eigenvalue weighted by molar-refractivity contribution is 0.0847. The first-order valence-corrected chi connectivity index (χ1v) is 10.4. The Morgan fingerprint density at radius 1 is 1.06 bits per heavy atom. The van der Waals surface area contributed by atoms with Gasteiger partial charge in [-0.1, -0.05) is 40.2 Å². The monoisotopic (exact) mass is 493 g/mol. The van der Waals surface area contributed by atoms with Crippen LogP contribution in [0.1, 0.15) is 20.7 Å². The highest BCUT2D eigenvalue weighted by atomic mass is 79.9. The van der Waals surface area contributed by atoms with Crippen LogP contribution in [0.5, 0.6) is 0 Å². The van der Waals surface area contributed by atoms with E-state index >= 15 is 0 Å². The van der Waals surface area contributed by atoms with Gasteiger partial charge in [0, 0.05) is 40.4 Å². The third-order valence-electron chi connectivity index (χ3n) is 4.70. The molecule has 0 aliphatic carbocycles. The second-order valence-corrected chi connectivity index (χ2v) is 7.88. The number of aromatic nitrogens is 4. The van der Waals surface area contributed by atoms with Crippen LogP contribution in [-0.2, 0) is 6.54 Å². The number of Topliss-reactive ketones (excluding diaryl/α,β-unsaturated/α-hetero) is 1. The number of hydrogen-bond donors (Lipinski definition) is 1. The number of rotatable bonds is 7. The summed E-state index contributed by atoms with van der Waals surface area (Å²) in [7, 11) is 0. The van der Waals surface area contributed by atoms with E-state index < -0.39 is 17.8 Å². The molecule has 1 amide bonds. The molecule has 0 saturated carbocycles. The maximum absolute atomic E-state index is 13.4. The second kappa shape index (κ2) is 9.61. The summed E-state index contributed by atoms with van der Waals surface area (Å²) in [6.07, 6.45) is 7.58. The van der Waals surface area contributed by atoms with Crippen LogP contribution >= 0.6 is 15.9 Å². The van der Waals surface area contributed by atoms with Crippen LogP contribution in [-0.4, -0.2) is 37.3 Å². The Labute approximate surface area is 191 Å². The molecule has 4 rings (SSSR count). The lowest BCUT2D eigenvalue weighted by Crippen LogP contribution is -2.43. The van der Waals surface area contributed by atoms with Crippen LogP contribution in [0.25, 0.3) is 11.4 Å². The molecular formula is C23H17BrFN5O2. The summed E-state index contributed by atoms with van der Waals surface area (Å²) in [4.78, 5) is 38.2. The summed E-state index contributed by atoms with van der Waals surface area (Å²) in [5, 5.41) is 2.76. The number of nitrogens with zero attached hydrogens (tertiary/aromatic N) is 4. The van der Waals surface area contributed by atoms with Gasteiger partial charge in [-0.2, -0.15) is 0 Å². The van der Waals surface area contributed by atoms with Crippen molar-refractivity contribution in [2.24, 2.45) is 0 Å². The zero-order valence-electron chi connectivity index (χ0n) is 16.7. The van der Waals surface area contributed by atoms with Crippen molar-refractivity contribution >= 4 is 27.6 Å². The summed E-state index contributed by atoms with van der Waals surface area (Å²) >= 11 is 3.35. The minimum absolute atomic E-state index is 0.185. The molecule has 0 spiro atoms. The molecule has 160 valence electrons. The van der Waals surface area contributed by atoms with E-state index in [1.807, 2.05) is 0 Å². The predicted octanol–water partition coefficient (Wildman–Crippen LogP) is 3.92. The lowest BCUT2D eigenvalue weighted by atomic mass is 10.0. The summed E-state index contributed by atoms with van der Waals surface area (Å²) in [5.41, 5.74) is 1.15. The Hall–Kier alpha value is -3.72. The van der Waals surface area contributed by atoms with Crippen LogP contribution in [0.15, 0.2) is 84.1 Å². The smallest absolute Gasteiger partial charge is 0.255 e. The molecule has 9 heteroatoms. The van der Waals surface area contributed by atoms with Crippen LogP contribution in [0, 0.1) is 5.82 Å². The zero-order valence-corrected chi connectivity index (χ0v) is 18.2. The molecule has 0 fully saturated rings. The van der Waals surface area contributed by atoms with Crippen LogP contribution in [0.4, 0.5) is 4.39 Å². The van der Waals surface area contributed by atoms with Crippen LogP contribution in [0.2, 0.25) is 0 Å². The van der Waals surface area contributed by atoms with E-state index in [1.165, 1.54) is 24.5 Å². The molecule has 0 bridgehead atoms. The molecule has 0 radical (unpaired) electrons. The maximum atomic E-state index is 13.4. The Kier molecular flexibility index (Phi) is 6.46. The van der Waals surface area contributed by atoms with Crippen molar-refractivity contribution in [1.82, 2.24) is 24.8 Å². The summed E-state index contributed by atoms with van der Waals surface area (Å²) < 4.78 is 16.0. The fourth-order valence-electron chi connectivity index (χ4n) is 3.08. The highest BCUT2D eigenvalue weighted by Gasteiger charge is 2.23. The SMILES string of the molecule is O=C(NC(Cn1ccnc1)C(=O)c1ccc(Br)cc1)c1cnc(-c2cccc(F)c2)nc1. The van der Waals surface area contributed by atoms with Gasteiger partial charge in [0.25, 0.3) is 5.91 Å². The van der Waals surface area contributed by atoms with Gasteiger partial charge in [0.2, 0.25) is 0 Å². The minimum atomic E-state index is -0.833. The molecule has 0 saturated heterocycles.